The third-order valence-corrected chi connectivity index (χ3v) is 3.25. The van der Waals surface area contributed by atoms with Crippen LogP contribution in [0.3, 0.4) is 0 Å². The highest BCUT2D eigenvalue weighted by molar-refractivity contribution is 5.45. The highest BCUT2D eigenvalue weighted by atomic mass is 16.7. The fraction of sp³-hybridized carbons (Fsp3) is 0.250. The summed E-state index contributed by atoms with van der Waals surface area (Å²) in [5.41, 5.74) is 0.729. The van der Waals surface area contributed by atoms with Gasteiger partial charge in [-0.3, -0.25) is 0 Å². The summed E-state index contributed by atoms with van der Waals surface area (Å²) < 4.78 is 21.2. The Morgan fingerprint density at radius 1 is 1.05 bits per heavy atom. The Kier molecular flexibility index (Phi) is 3.83. The molecule has 21 heavy (non-hydrogen) atoms. The molecule has 1 aliphatic rings. The molecule has 110 valence electrons. The van der Waals surface area contributed by atoms with Gasteiger partial charge in [0.05, 0.1) is 7.11 Å². The summed E-state index contributed by atoms with van der Waals surface area (Å²) in [4.78, 5) is 0. The third-order valence-electron chi connectivity index (χ3n) is 3.25. The molecule has 1 heterocycles. The SMILES string of the molecule is COc1ccc(OCC(O)c2ccc3c(c2)OCO3)cc1. The predicted molar refractivity (Wildman–Crippen MR) is 76.0 cm³/mol. The average Bonchev–Trinajstić information content (AvgIpc) is 3.00. The maximum absolute atomic E-state index is 10.2. The Hall–Kier alpha value is -2.40. The second-order valence-corrected chi connectivity index (χ2v) is 4.62. The maximum atomic E-state index is 10.2. The van der Waals surface area contributed by atoms with E-state index in [0.717, 1.165) is 11.3 Å². The fourth-order valence-corrected chi connectivity index (χ4v) is 2.06. The number of fused-ring (bicyclic) bond motifs is 1. The van der Waals surface area contributed by atoms with Crippen LogP contribution in [-0.4, -0.2) is 25.6 Å². The summed E-state index contributed by atoms with van der Waals surface area (Å²) >= 11 is 0. The minimum atomic E-state index is -0.735. The molecule has 1 aliphatic heterocycles. The standard InChI is InChI=1S/C16H16O5/c1-18-12-3-5-13(6-4-12)19-9-14(17)11-2-7-15-16(8-11)21-10-20-15/h2-8,14,17H,9-10H2,1H3. The highest BCUT2D eigenvalue weighted by Crippen LogP contribution is 2.34. The molecule has 0 spiro atoms. The Balaban J connectivity index is 1.61. The second kappa shape index (κ2) is 5.93. The van der Waals surface area contributed by atoms with Gasteiger partial charge in [-0.05, 0) is 42.0 Å². The van der Waals surface area contributed by atoms with Crippen LogP contribution >= 0.6 is 0 Å². The molecule has 5 nitrogen and oxygen atoms in total. The van der Waals surface area contributed by atoms with Crippen molar-refractivity contribution in [1.29, 1.82) is 0 Å². The van der Waals surface area contributed by atoms with Crippen molar-refractivity contribution >= 4 is 0 Å². The molecule has 1 unspecified atom stereocenters. The lowest BCUT2D eigenvalue weighted by Gasteiger charge is -2.13. The van der Waals surface area contributed by atoms with E-state index in [2.05, 4.69) is 0 Å². The van der Waals surface area contributed by atoms with Gasteiger partial charge >= 0.3 is 0 Å². The lowest BCUT2D eigenvalue weighted by atomic mass is 10.1. The van der Waals surface area contributed by atoms with Crippen molar-refractivity contribution in [2.45, 2.75) is 6.10 Å². The van der Waals surface area contributed by atoms with Crippen LogP contribution in [0.5, 0.6) is 23.0 Å². The molecule has 0 amide bonds. The van der Waals surface area contributed by atoms with E-state index in [1.54, 1.807) is 37.4 Å². The minimum Gasteiger partial charge on any atom is -0.497 e. The number of rotatable bonds is 5. The molecule has 1 N–H and O–H groups in total. The number of aliphatic hydroxyl groups is 1. The van der Waals surface area contributed by atoms with Gasteiger partial charge in [-0.25, -0.2) is 0 Å². The van der Waals surface area contributed by atoms with E-state index in [1.165, 1.54) is 0 Å². The molecule has 0 bridgehead atoms. The second-order valence-electron chi connectivity index (χ2n) is 4.62. The number of hydrogen-bond acceptors (Lipinski definition) is 5. The Morgan fingerprint density at radius 3 is 2.52 bits per heavy atom. The molecule has 1 atom stereocenters. The van der Waals surface area contributed by atoms with Gasteiger partial charge in [-0.15, -0.1) is 0 Å². The molecule has 0 saturated heterocycles. The van der Waals surface area contributed by atoms with Crippen LogP contribution in [0, 0.1) is 0 Å². The van der Waals surface area contributed by atoms with Crippen molar-refractivity contribution in [3.05, 3.63) is 48.0 Å². The first kappa shape index (κ1) is 13.6. The van der Waals surface area contributed by atoms with Crippen LogP contribution in [0.2, 0.25) is 0 Å². The van der Waals surface area contributed by atoms with Gasteiger partial charge in [0.1, 0.15) is 24.2 Å². The predicted octanol–water partition coefficient (Wildman–Crippen LogP) is 2.54. The van der Waals surface area contributed by atoms with Gasteiger partial charge in [0.15, 0.2) is 11.5 Å². The molecular formula is C16H16O5. The molecule has 0 saturated carbocycles. The molecule has 3 rings (SSSR count). The van der Waals surface area contributed by atoms with Gasteiger partial charge in [0.2, 0.25) is 6.79 Å². The molecule has 0 aliphatic carbocycles. The van der Waals surface area contributed by atoms with E-state index in [1.807, 2.05) is 12.1 Å². The first-order valence-electron chi connectivity index (χ1n) is 6.61. The monoisotopic (exact) mass is 288 g/mol. The van der Waals surface area contributed by atoms with Crippen LogP contribution in [0.15, 0.2) is 42.5 Å². The van der Waals surface area contributed by atoms with Gasteiger partial charge in [-0.1, -0.05) is 6.07 Å². The maximum Gasteiger partial charge on any atom is 0.231 e. The quantitative estimate of drug-likeness (QED) is 0.916. The van der Waals surface area contributed by atoms with E-state index < -0.39 is 6.10 Å². The van der Waals surface area contributed by atoms with E-state index >= 15 is 0 Å². The summed E-state index contributed by atoms with van der Waals surface area (Å²) in [6, 6.07) is 12.6. The number of benzene rings is 2. The van der Waals surface area contributed by atoms with Crippen molar-refractivity contribution in [2.24, 2.45) is 0 Å². The number of ether oxygens (including phenoxy) is 4. The van der Waals surface area contributed by atoms with Crippen molar-refractivity contribution in [2.75, 3.05) is 20.5 Å². The smallest absolute Gasteiger partial charge is 0.231 e. The molecular weight excluding hydrogens is 272 g/mol. The first-order valence-corrected chi connectivity index (χ1v) is 6.61. The molecule has 2 aromatic rings. The normalized spacial score (nSPS) is 13.8. The Labute approximate surface area is 122 Å². The lowest BCUT2D eigenvalue weighted by molar-refractivity contribution is 0.108. The van der Waals surface area contributed by atoms with Crippen molar-refractivity contribution in [1.82, 2.24) is 0 Å². The average molecular weight is 288 g/mol. The zero-order valence-corrected chi connectivity index (χ0v) is 11.6. The van der Waals surface area contributed by atoms with Crippen LogP contribution in [0.4, 0.5) is 0 Å². The van der Waals surface area contributed by atoms with Crippen LogP contribution in [-0.2, 0) is 0 Å². The van der Waals surface area contributed by atoms with E-state index in [9.17, 15) is 5.11 Å². The van der Waals surface area contributed by atoms with Crippen LogP contribution in [0.1, 0.15) is 11.7 Å². The molecule has 0 aromatic heterocycles. The lowest BCUT2D eigenvalue weighted by Crippen LogP contribution is -2.09. The topological polar surface area (TPSA) is 57.2 Å². The van der Waals surface area contributed by atoms with Crippen molar-refractivity contribution in [3.8, 4) is 23.0 Å². The van der Waals surface area contributed by atoms with Crippen LogP contribution < -0.4 is 18.9 Å². The summed E-state index contributed by atoms with van der Waals surface area (Å²) in [7, 11) is 1.61. The van der Waals surface area contributed by atoms with Crippen LogP contribution in [0.25, 0.3) is 0 Å². The summed E-state index contributed by atoms with van der Waals surface area (Å²) in [5.74, 6) is 2.78. The van der Waals surface area contributed by atoms with E-state index in [4.69, 9.17) is 18.9 Å². The number of methoxy groups -OCH3 is 1. The third kappa shape index (κ3) is 3.03. The summed E-state index contributed by atoms with van der Waals surface area (Å²) in [6.07, 6.45) is -0.735. The van der Waals surface area contributed by atoms with Gasteiger partial charge < -0.3 is 24.1 Å². The Bertz CT molecular complexity index is 609. The van der Waals surface area contributed by atoms with E-state index in [-0.39, 0.29) is 13.4 Å². The molecule has 0 fully saturated rings. The zero-order valence-electron chi connectivity index (χ0n) is 11.6. The van der Waals surface area contributed by atoms with Crippen molar-refractivity contribution < 1.29 is 24.1 Å². The zero-order chi connectivity index (χ0) is 14.7. The van der Waals surface area contributed by atoms with E-state index in [0.29, 0.717) is 17.2 Å². The molecule has 0 radical (unpaired) electrons. The summed E-state index contributed by atoms with van der Waals surface area (Å²) in [5, 5.41) is 10.2. The van der Waals surface area contributed by atoms with Gasteiger partial charge in [0.25, 0.3) is 0 Å². The Morgan fingerprint density at radius 2 is 1.76 bits per heavy atom. The molecule has 5 heteroatoms. The highest BCUT2D eigenvalue weighted by Gasteiger charge is 2.17. The molecule has 2 aromatic carbocycles. The minimum absolute atomic E-state index is 0.159. The number of hydrogen-bond donors (Lipinski definition) is 1. The van der Waals surface area contributed by atoms with Gasteiger partial charge in [0, 0.05) is 0 Å². The van der Waals surface area contributed by atoms with Gasteiger partial charge in [-0.2, -0.15) is 0 Å². The summed E-state index contributed by atoms with van der Waals surface area (Å²) in [6.45, 7) is 0.378. The number of aliphatic hydroxyl groups excluding tert-OH is 1. The first-order chi connectivity index (χ1) is 10.3. The van der Waals surface area contributed by atoms with Crippen molar-refractivity contribution in [3.63, 3.8) is 0 Å². The fourth-order valence-electron chi connectivity index (χ4n) is 2.06. The largest absolute Gasteiger partial charge is 0.497 e.